The Morgan fingerprint density at radius 3 is 2.33 bits per heavy atom. The van der Waals surface area contributed by atoms with Gasteiger partial charge in [-0.25, -0.2) is 0 Å². The van der Waals surface area contributed by atoms with E-state index in [2.05, 4.69) is 15.9 Å². The van der Waals surface area contributed by atoms with Gasteiger partial charge in [-0.3, -0.25) is 0 Å². The molecule has 1 unspecified atom stereocenters. The van der Waals surface area contributed by atoms with Gasteiger partial charge in [-0.05, 0) is 22.0 Å². The van der Waals surface area contributed by atoms with Crippen LogP contribution in [0.2, 0.25) is 0 Å². The lowest BCUT2D eigenvalue weighted by atomic mass is 10.0. The Balaban J connectivity index is 3.28. The SMILES string of the molecule is COc1c(Br)ccc(C(C)CO)c1OC. The van der Waals surface area contributed by atoms with Crippen LogP contribution in [-0.4, -0.2) is 25.9 Å². The fourth-order valence-electron chi connectivity index (χ4n) is 1.44. The predicted molar refractivity (Wildman–Crippen MR) is 62.7 cm³/mol. The van der Waals surface area contributed by atoms with Gasteiger partial charge in [0.1, 0.15) is 0 Å². The van der Waals surface area contributed by atoms with Crippen molar-refractivity contribution in [2.75, 3.05) is 20.8 Å². The first-order chi connectivity index (χ1) is 7.15. The van der Waals surface area contributed by atoms with Crippen LogP contribution in [0.5, 0.6) is 11.5 Å². The summed E-state index contributed by atoms with van der Waals surface area (Å²) >= 11 is 3.39. The van der Waals surface area contributed by atoms with Crippen LogP contribution >= 0.6 is 15.9 Å². The summed E-state index contributed by atoms with van der Waals surface area (Å²) in [6, 6.07) is 3.81. The molecule has 1 aromatic rings. The molecule has 1 N–H and O–H groups in total. The summed E-state index contributed by atoms with van der Waals surface area (Å²) in [5.41, 5.74) is 0.944. The molecule has 0 heterocycles. The molecule has 0 radical (unpaired) electrons. The van der Waals surface area contributed by atoms with Crippen LogP contribution in [0.15, 0.2) is 16.6 Å². The van der Waals surface area contributed by atoms with Crippen molar-refractivity contribution in [3.63, 3.8) is 0 Å². The van der Waals surface area contributed by atoms with Crippen LogP contribution in [-0.2, 0) is 0 Å². The van der Waals surface area contributed by atoms with E-state index < -0.39 is 0 Å². The molecule has 0 fully saturated rings. The van der Waals surface area contributed by atoms with Crippen molar-refractivity contribution in [2.24, 2.45) is 0 Å². The lowest BCUT2D eigenvalue weighted by molar-refractivity contribution is 0.268. The van der Waals surface area contributed by atoms with E-state index in [9.17, 15) is 0 Å². The highest BCUT2D eigenvalue weighted by molar-refractivity contribution is 9.10. The number of ether oxygens (including phenoxy) is 2. The van der Waals surface area contributed by atoms with E-state index in [0.29, 0.717) is 11.5 Å². The number of rotatable bonds is 4. The van der Waals surface area contributed by atoms with E-state index in [1.165, 1.54) is 0 Å². The molecule has 84 valence electrons. The number of hydrogen-bond acceptors (Lipinski definition) is 3. The zero-order chi connectivity index (χ0) is 11.4. The summed E-state index contributed by atoms with van der Waals surface area (Å²) < 4.78 is 11.4. The third-order valence-corrected chi connectivity index (χ3v) is 2.93. The zero-order valence-electron chi connectivity index (χ0n) is 9.08. The third-order valence-electron chi connectivity index (χ3n) is 2.31. The third kappa shape index (κ3) is 2.44. The monoisotopic (exact) mass is 274 g/mol. The molecule has 0 amide bonds. The minimum Gasteiger partial charge on any atom is -0.493 e. The second-order valence-corrected chi connectivity index (χ2v) is 4.14. The molecule has 3 nitrogen and oxygen atoms in total. The fraction of sp³-hybridized carbons (Fsp3) is 0.455. The number of aliphatic hydroxyl groups is 1. The highest BCUT2D eigenvalue weighted by Gasteiger charge is 2.17. The van der Waals surface area contributed by atoms with Crippen molar-refractivity contribution in [1.29, 1.82) is 0 Å². The van der Waals surface area contributed by atoms with Crippen LogP contribution in [0.1, 0.15) is 18.4 Å². The smallest absolute Gasteiger partial charge is 0.175 e. The van der Waals surface area contributed by atoms with Crippen LogP contribution in [0.25, 0.3) is 0 Å². The lowest BCUT2D eigenvalue weighted by Gasteiger charge is -2.17. The van der Waals surface area contributed by atoms with Gasteiger partial charge in [-0.2, -0.15) is 0 Å². The largest absolute Gasteiger partial charge is 0.493 e. The van der Waals surface area contributed by atoms with Crippen molar-refractivity contribution < 1.29 is 14.6 Å². The molecule has 15 heavy (non-hydrogen) atoms. The van der Waals surface area contributed by atoms with Crippen molar-refractivity contribution in [2.45, 2.75) is 12.8 Å². The summed E-state index contributed by atoms with van der Waals surface area (Å²) in [7, 11) is 3.19. The first-order valence-corrected chi connectivity index (χ1v) is 5.46. The number of halogens is 1. The zero-order valence-corrected chi connectivity index (χ0v) is 10.7. The topological polar surface area (TPSA) is 38.7 Å². The summed E-state index contributed by atoms with van der Waals surface area (Å²) in [4.78, 5) is 0. The fourth-order valence-corrected chi connectivity index (χ4v) is 1.92. The van der Waals surface area contributed by atoms with Gasteiger partial charge in [0.05, 0.1) is 18.7 Å². The van der Waals surface area contributed by atoms with Crippen LogP contribution < -0.4 is 9.47 Å². The Morgan fingerprint density at radius 1 is 1.27 bits per heavy atom. The van der Waals surface area contributed by atoms with E-state index >= 15 is 0 Å². The first kappa shape index (κ1) is 12.3. The minimum atomic E-state index is 0.0296. The molecule has 1 rings (SSSR count). The molecule has 0 saturated heterocycles. The Bertz CT molecular complexity index is 339. The molecule has 0 bridgehead atoms. The molecule has 1 aromatic carbocycles. The van der Waals surface area contributed by atoms with Gasteiger partial charge in [0.25, 0.3) is 0 Å². The Labute approximate surface area is 98.1 Å². The van der Waals surface area contributed by atoms with Gasteiger partial charge >= 0.3 is 0 Å². The van der Waals surface area contributed by atoms with Gasteiger partial charge in [0, 0.05) is 18.1 Å². The maximum Gasteiger partial charge on any atom is 0.175 e. The highest BCUT2D eigenvalue weighted by Crippen LogP contribution is 2.40. The minimum absolute atomic E-state index is 0.0296. The second-order valence-electron chi connectivity index (χ2n) is 3.29. The molecule has 1 atom stereocenters. The summed E-state index contributed by atoms with van der Waals surface area (Å²) in [6.45, 7) is 2.02. The molecule has 0 aliphatic rings. The van der Waals surface area contributed by atoms with E-state index in [-0.39, 0.29) is 12.5 Å². The molecule has 0 aromatic heterocycles. The summed E-state index contributed by atoms with van der Waals surface area (Å²) in [5, 5.41) is 9.13. The number of methoxy groups -OCH3 is 2. The van der Waals surface area contributed by atoms with Crippen LogP contribution in [0.3, 0.4) is 0 Å². The lowest BCUT2D eigenvalue weighted by Crippen LogP contribution is -2.03. The molecule has 0 aliphatic heterocycles. The number of hydrogen-bond donors (Lipinski definition) is 1. The van der Waals surface area contributed by atoms with Crippen molar-refractivity contribution >= 4 is 15.9 Å². The molecule has 4 heteroatoms. The Morgan fingerprint density at radius 2 is 1.87 bits per heavy atom. The van der Waals surface area contributed by atoms with Gasteiger partial charge in [0.15, 0.2) is 11.5 Å². The summed E-state index contributed by atoms with van der Waals surface area (Å²) in [6.07, 6.45) is 0. The van der Waals surface area contributed by atoms with Crippen LogP contribution in [0, 0.1) is 0 Å². The average Bonchev–Trinajstić information content (AvgIpc) is 2.27. The number of aliphatic hydroxyl groups excluding tert-OH is 1. The number of benzene rings is 1. The summed E-state index contributed by atoms with van der Waals surface area (Å²) in [5.74, 6) is 1.37. The maximum absolute atomic E-state index is 9.13. The molecule has 0 saturated carbocycles. The van der Waals surface area contributed by atoms with Gasteiger partial charge in [0.2, 0.25) is 0 Å². The maximum atomic E-state index is 9.13. The van der Waals surface area contributed by atoms with Crippen molar-refractivity contribution in [3.8, 4) is 11.5 Å². The van der Waals surface area contributed by atoms with Gasteiger partial charge in [-0.1, -0.05) is 13.0 Å². The average molecular weight is 275 g/mol. The Hall–Kier alpha value is -0.740. The van der Waals surface area contributed by atoms with E-state index in [0.717, 1.165) is 10.0 Å². The Kier molecular flexibility index (Phi) is 4.42. The molecule has 0 spiro atoms. The van der Waals surface area contributed by atoms with Gasteiger partial charge in [-0.15, -0.1) is 0 Å². The van der Waals surface area contributed by atoms with Gasteiger partial charge < -0.3 is 14.6 Å². The normalized spacial score (nSPS) is 12.3. The van der Waals surface area contributed by atoms with Crippen LogP contribution in [0.4, 0.5) is 0 Å². The molecular weight excluding hydrogens is 260 g/mol. The van der Waals surface area contributed by atoms with E-state index in [1.54, 1.807) is 14.2 Å². The standard InChI is InChI=1S/C11H15BrO3/c1-7(6-13)8-4-5-9(12)11(15-3)10(8)14-2/h4-5,7,13H,6H2,1-3H3. The van der Waals surface area contributed by atoms with Crippen molar-refractivity contribution in [1.82, 2.24) is 0 Å². The van der Waals surface area contributed by atoms with E-state index in [1.807, 2.05) is 19.1 Å². The molecular formula is C11H15BrO3. The van der Waals surface area contributed by atoms with E-state index in [4.69, 9.17) is 14.6 Å². The first-order valence-electron chi connectivity index (χ1n) is 4.66. The highest BCUT2D eigenvalue weighted by atomic mass is 79.9. The quantitative estimate of drug-likeness (QED) is 0.917. The predicted octanol–water partition coefficient (Wildman–Crippen LogP) is 2.56. The molecule has 0 aliphatic carbocycles. The van der Waals surface area contributed by atoms with Crippen molar-refractivity contribution in [3.05, 3.63) is 22.2 Å². The second kappa shape index (κ2) is 5.37.